The normalized spacial score (nSPS) is 18.1. The number of nitrogens with one attached hydrogen (secondary N) is 2. The van der Waals surface area contributed by atoms with Gasteiger partial charge >= 0.3 is 12.0 Å². The second-order valence-corrected chi connectivity index (χ2v) is 8.29. The molecule has 1 heterocycles. The SMILES string of the molecule is CC1=C(C(=O)OCC(Cl)(Cl)Cl)[C@@H](c2ccc(Cl)cc2Cl)NC(=O)N1. The Labute approximate surface area is 163 Å². The maximum Gasteiger partial charge on any atom is 0.338 e. The first-order chi connectivity index (χ1) is 11.1. The summed E-state index contributed by atoms with van der Waals surface area (Å²) in [7, 11) is 0. The minimum Gasteiger partial charge on any atom is -0.458 e. The fourth-order valence-electron chi connectivity index (χ4n) is 2.16. The molecule has 0 bridgehead atoms. The van der Waals surface area contributed by atoms with Crippen molar-refractivity contribution in [2.75, 3.05) is 6.61 Å². The van der Waals surface area contributed by atoms with Crippen molar-refractivity contribution in [3.05, 3.63) is 45.1 Å². The molecular weight excluding hydrogens is 421 g/mol. The van der Waals surface area contributed by atoms with E-state index in [9.17, 15) is 9.59 Å². The molecule has 5 nitrogen and oxygen atoms in total. The van der Waals surface area contributed by atoms with Gasteiger partial charge in [0.2, 0.25) is 3.79 Å². The monoisotopic (exact) mass is 430 g/mol. The maximum atomic E-state index is 12.4. The molecule has 1 aliphatic rings. The van der Waals surface area contributed by atoms with Gasteiger partial charge in [0.1, 0.15) is 6.61 Å². The van der Waals surface area contributed by atoms with Crippen molar-refractivity contribution < 1.29 is 14.3 Å². The van der Waals surface area contributed by atoms with Crippen LogP contribution in [-0.4, -0.2) is 22.4 Å². The van der Waals surface area contributed by atoms with Gasteiger partial charge < -0.3 is 15.4 Å². The first-order valence-electron chi connectivity index (χ1n) is 6.55. The lowest BCUT2D eigenvalue weighted by Crippen LogP contribution is -2.45. The summed E-state index contributed by atoms with van der Waals surface area (Å²) in [6, 6.07) is 3.40. The van der Waals surface area contributed by atoms with E-state index in [1.54, 1.807) is 19.1 Å². The average molecular weight is 433 g/mol. The summed E-state index contributed by atoms with van der Waals surface area (Å²) < 4.78 is 3.27. The number of alkyl halides is 3. The molecule has 0 radical (unpaired) electrons. The average Bonchev–Trinajstić information content (AvgIpc) is 2.43. The molecule has 1 aromatic carbocycles. The minimum atomic E-state index is -1.75. The lowest BCUT2D eigenvalue weighted by Gasteiger charge is -2.29. The predicted octanol–water partition coefficient (Wildman–Crippen LogP) is 4.53. The second-order valence-electron chi connectivity index (χ2n) is 4.93. The number of amides is 2. The zero-order valence-corrected chi connectivity index (χ0v) is 15.9. The molecule has 10 heteroatoms. The fraction of sp³-hybridized carbons (Fsp3) is 0.286. The number of carbonyl (C=O) groups is 2. The van der Waals surface area contributed by atoms with Gasteiger partial charge in [-0.25, -0.2) is 9.59 Å². The quantitative estimate of drug-likeness (QED) is 0.545. The predicted molar refractivity (Wildman–Crippen MR) is 94.8 cm³/mol. The number of esters is 1. The molecule has 1 aliphatic heterocycles. The van der Waals surface area contributed by atoms with Crippen LogP contribution in [0, 0.1) is 0 Å². The van der Waals surface area contributed by atoms with Crippen LogP contribution in [0.2, 0.25) is 10.0 Å². The molecule has 0 saturated carbocycles. The molecule has 2 rings (SSSR count). The molecule has 0 saturated heterocycles. The van der Waals surface area contributed by atoms with Crippen molar-refractivity contribution in [1.82, 2.24) is 10.6 Å². The summed E-state index contributed by atoms with van der Waals surface area (Å²) in [6.07, 6.45) is 0. The fourth-order valence-corrected chi connectivity index (χ4v) is 2.84. The first kappa shape index (κ1) is 19.5. The van der Waals surface area contributed by atoms with Gasteiger partial charge in [-0.2, -0.15) is 0 Å². The van der Waals surface area contributed by atoms with Crippen LogP contribution >= 0.6 is 58.0 Å². The van der Waals surface area contributed by atoms with E-state index in [2.05, 4.69) is 10.6 Å². The van der Waals surface area contributed by atoms with Crippen LogP contribution in [0.4, 0.5) is 4.79 Å². The number of benzene rings is 1. The first-order valence-corrected chi connectivity index (χ1v) is 8.44. The second kappa shape index (κ2) is 7.58. The molecule has 0 aliphatic carbocycles. The van der Waals surface area contributed by atoms with Crippen molar-refractivity contribution in [2.45, 2.75) is 16.8 Å². The number of rotatable bonds is 3. The molecule has 2 amide bonds. The van der Waals surface area contributed by atoms with E-state index >= 15 is 0 Å². The molecule has 130 valence electrons. The Balaban J connectivity index is 2.38. The van der Waals surface area contributed by atoms with E-state index in [0.29, 0.717) is 16.3 Å². The molecule has 0 unspecified atom stereocenters. The molecular formula is C14H11Cl5N2O3. The summed E-state index contributed by atoms with van der Waals surface area (Å²) in [4.78, 5) is 24.2. The van der Waals surface area contributed by atoms with E-state index in [1.165, 1.54) is 6.07 Å². The van der Waals surface area contributed by atoms with Crippen LogP contribution < -0.4 is 10.6 Å². The Kier molecular flexibility index (Phi) is 6.15. The number of urea groups is 1. The van der Waals surface area contributed by atoms with Crippen LogP contribution in [0.15, 0.2) is 29.5 Å². The Morgan fingerprint density at radius 1 is 1.29 bits per heavy atom. The maximum absolute atomic E-state index is 12.4. The van der Waals surface area contributed by atoms with E-state index in [1.807, 2.05) is 0 Å². The van der Waals surface area contributed by atoms with E-state index in [4.69, 9.17) is 62.7 Å². The summed E-state index contributed by atoms with van der Waals surface area (Å²) in [6.45, 7) is 1.11. The zero-order chi connectivity index (χ0) is 18.1. The largest absolute Gasteiger partial charge is 0.458 e. The van der Waals surface area contributed by atoms with Gasteiger partial charge in [-0.1, -0.05) is 64.1 Å². The summed E-state index contributed by atoms with van der Waals surface area (Å²) >= 11 is 28.8. The Morgan fingerprint density at radius 3 is 2.54 bits per heavy atom. The van der Waals surface area contributed by atoms with Crippen molar-refractivity contribution >= 4 is 70.0 Å². The molecule has 0 aromatic heterocycles. The molecule has 0 fully saturated rings. The summed E-state index contributed by atoms with van der Waals surface area (Å²) in [5, 5.41) is 5.82. The Hall–Kier alpha value is -0.850. The van der Waals surface area contributed by atoms with Crippen LogP contribution in [0.5, 0.6) is 0 Å². The number of hydrogen-bond acceptors (Lipinski definition) is 3. The lowest BCUT2D eigenvalue weighted by molar-refractivity contribution is -0.139. The highest BCUT2D eigenvalue weighted by molar-refractivity contribution is 6.67. The van der Waals surface area contributed by atoms with Crippen molar-refractivity contribution in [1.29, 1.82) is 0 Å². The van der Waals surface area contributed by atoms with Gasteiger partial charge in [0.25, 0.3) is 0 Å². The van der Waals surface area contributed by atoms with E-state index in [-0.39, 0.29) is 10.6 Å². The van der Waals surface area contributed by atoms with Crippen molar-refractivity contribution in [3.63, 3.8) is 0 Å². The third kappa shape index (κ3) is 4.83. The standard InChI is InChI=1S/C14H11Cl5N2O3/c1-6-10(12(22)24-5-14(17,18)19)11(21-13(23)20-6)8-3-2-7(15)4-9(8)16/h2-4,11H,5H2,1H3,(H2,20,21,23)/t11-/m1/s1. The Bertz CT molecular complexity index is 715. The van der Waals surface area contributed by atoms with Gasteiger partial charge in [-0.15, -0.1) is 0 Å². The number of allylic oxidation sites excluding steroid dienone is 1. The third-order valence-corrected chi connectivity index (χ3v) is 4.02. The van der Waals surface area contributed by atoms with Crippen molar-refractivity contribution in [2.24, 2.45) is 0 Å². The third-order valence-electron chi connectivity index (χ3n) is 3.13. The van der Waals surface area contributed by atoms with Gasteiger partial charge in [-0.3, -0.25) is 0 Å². The highest BCUT2D eigenvalue weighted by Crippen LogP contribution is 2.34. The minimum absolute atomic E-state index is 0.146. The molecule has 1 atom stereocenters. The van der Waals surface area contributed by atoms with Crippen LogP contribution in [-0.2, 0) is 9.53 Å². The Morgan fingerprint density at radius 2 is 1.96 bits per heavy atom. The highest BCUT2D eigenvalue weighted by atomic mass is 35.6. The zero-order valence-electron chi connectivity index (χ0n) is 12.1. The number of carbonyl (C=O) groups excluding carboxylic acids is 2. The number of hydrogen-bond donors (Lipinski definition) is 2. The van der Waals surface area contributed by atoms with Crippen molar-refractivity contribution in [3.8, 4) is 0 Å². The summed E-state index contributed by atoms with van der Waals surface area (Å²) in [5.41, 5.74) is 0.938. The number of halogens is 5. The van der Waals surface area contributed by atoms with E-state index in [0.717, 1.165) is 0 Å². The smallest absolute Gasteiger partial charge is 0.338 e. The van der Waals surface area contributed by atoms with Crippen LogP contribution in [0.1, 0.15) is 18.5 Å². The molecule has 0 spiro atoms. The highest BCUT2D eigenvalue weighted by Gasteiger charge is 2.34. The van der Waals surface area contributed by atoms with Gasteiger partial charge in [0.05, 0.1) is 11.6 Å². The van der Waals surface area contributed by atoms with Gasteiger partial charge in [-0.05, 0) is 24.6 Å². The summed E-state index contributed by atoms with van der Waals surface area (Å²) in [5.74, 6) is -0.748. The van der Waals surface area contributed by atoms with Gasteiger partial charge in [0.15, 0.2) is 0 Å². The van der Waals surface area contributed by atoms with Gasteiger partial charge in [0, 0.05) is 15.7 Å². The van der Waals surface area contributed by atoms with Crippen LogP contribution in [0.3, 0.4) is 0 Å². The lowest BCUT2D eigenvalue weighted by atomic mass is 9.95. The molecule has 2 N–H and O–H groups in total. The number of ether oxygens (including phenoxy) is 1. The topological polar surface area (TPSA) is 67.4 Å². The van der Waals surface area contributed by atoms with Crippen LogP contribution in [0.25, 0.3) is 0 Å². The van der Waals surface area contributed by atoms with E-state index < -0.39 is 28.4 Å². The molecule has 1 aromatic rings. The molecule has 24 heavy (non-hydrogen) atoms.